The molecular formula is C11H5N5O3. The van der Waals surface area contributed by atoms with Gasteiger partial charge in [0.1, 0.15) is 0 Å². The average molecular weight is 255 g/mol. The van der Waals surface area contributed by atoms with Gasteiger partial charge in [-0.25, -0.2) is 4.99 Å². The number of hydrogen-bond acceptors (Lipinski definition) is 7. The molecule has 0 spiro atoms. The van der Waals surface area contributed by atoms with Gasteiger partial charge in [-0.3, -0.25) is 4.79 Å². The molecule has 0 atom stereocenters. The maximum Gasteiger partial charge on any atom is 0.303 e. The Balaban J connectivity index is 1.87. The van der Waals surface area contributed by atoms with Gasteiger partial charge in [-0.2, -0.15) is 4.99 Å². The number of hydrogen-bond donors (Lipinski definition) is 0. The van der Waals surface area contributed by atoms with Crippen LogP contribution in [0.5, 0.6) is 11.5 Å². The van der Waals surface area contributed by atoms with Crippen LogP contribution in [0.15, 0.2) is 43.6 Å². The maximum absolute atomic E-state index is 11.8. The fourth-order valence-electron chi connectivity index (χ4n) is 1.92. The monoisotopic (exact) mass is 255 g/mol. The van der Waals surface area contributed by atoms with Gasteiger partial charge in [0, 0.05) is 0 Å². The quantitative estimate of drug-likeness (QED) is 0.746. The van der Waals surface area contributed by atoms with E-state index in [0.717, 1.165) is 0 Å². The minimum Gasteiger partial charge on any atom is -0.454 e. The fraction of sp³-hybridized carbons (Fsp3) is 0.0909. The largest absolute Gasteiger partial charge is 0.454 e. The lowest BCUT2D eigenvalue weighted by molar-refractivity contribution is -0.111. The molecule has 19 heavy (non-hydrogen) atoms. The van der Waals surface area contributed by atoms with Crippen molar-refractivity contribution in [2.24, 2.45) is 25.4 Å². The minimum absolute atomic E-state index is 0.0634. The molecule has 0 radical (unpaired) electrons. The molecular weight excluding hydrogens is 250 g/mol. The second-order valence-corrected chi connectivity index (χ2v) is 3.85. The molecule has 0 aromatic heterocycles. The van der Waals surface area contributed by atoms with Crippen LogP contribution in [0, 0.1) is 0 Å². The highest BCUT2D eigenvalue weighted by Crippen LogP contribution is 2.36. The molecule has 1 aromatic carbocycles. The van der Waals surface area contributed by atoms with Gasteiger partial charge in [0.2, 0.25) is 18.3 Å². The standard InChI is InChI=1S/C11H5N5O3/c17-11-7-10(15-16-14-7)12-9(13-11)5-2-1-3-6-8(5)19-4-18-6/h1-3H,4H2. The molecule has 0 bridgehead atoms. The van der Waals surface area contributed by atoms with Crippen molar-refractivity contribution >= 4 is 23.3 Å². The number of carbonyl (C=O) groups is 1. The number of carbonyl (C=O) groups excluding carboxylic acids is 1. The Morgan fingerprint density at radius 1 is 1.11 bits per heavy atom. The second kappa shape index (κ2) is 3.55. The average Bonchev–Trinajstić information content (AvgIpc) is 3.06. The van der Waals surface area contributed by atoms with E-state index in [-0.39, 0.29) is 24.2 Å². The van der Waals surface area contributed by atoms with Crippen molar-refractivity contribution in [3.05, 3.63) is 23.8 Å². The smallest absolute Gasteiger partial charge is 0.303 e. The zero-order valence-electron chi connectivity index (χ0n) is 9.40. The highest BCUT2D eigenvalue weighted by Gasteiger charge is 2.30. The lowest BCUT2D eigenvalue weighted by atomic mass is 10.1. The van der Waals surface area contributed by atoms with Crippen LogP contribution in [-0.4, -0.2) is 30.1 Å². The summed E-state index contributed by atoms with van der Waals surface area (Å²) in [7, 11) is 0. The van der Waals surface area contributed by atoms with E-state index in [1.165, 1.54) is 0 Å². The third kappa shape index (κ3) is 1.39. The molecule has 4 rings (SSSR count). The Labute approximate surface area is 106 Å². The van der Waals surface area contributed by atoms with Gasteiger partial charge in [-0.05, 0) is 17.4 Å². The topological polar surface area (TPSA) is 97.3 Å². The number of ether oxygens (including phenoxy) is 2. The van der Waals surface area contributed by atoms with Crippen molar-refractivity contribution in [2.75, 3.05) is 6.79 Å². The van der Waals surface area contributed by atoms with Gasteiger partial charge in [0.05, 0.1) is 5.56 Å². The molecule has 92 valence electrons. The van der Waals surface area contributed by atoms with E-state index in [4.69, 9.17) is 9.47 Å². The van der Waals surface area contributed by atoms with E-state index in [1.54, 1.807) is 18.2 Å². The summed E-state index contributed by atoms with van der Waals surface area (Å²) in [4.78, 5) is 19.8. The lowest BCUT2D eigenvalue weighted by Crippen LogP contribution is -2.25. The van der Waals surface area contributed by atoms with Crippen LogP contribution in [0.3, 0.4) is 0 Å². The molecule has 0 saturated carbocycles. The summed E-state index contributed by atoms with van der Waals surface area (Å²) in [5.41, 5.74) is 0.644. The van der Waals surface area contributed by atoms with Crippen LogP contribution >= 0.6 is 0 Å². The third-order valence-corrected chi connectivity index (χ3v) is 2.76. The first-order chi connectivity index (χ1) is 9.33. The van der Waals surface area contributed by atoms with Gasteiger partial charge in [-0.15, -0.1) is 10.2 Å². The molecule has 1 aromatic rings. The normalized spacial score (nSPS) is 18.9. The molecule has 0 unspecified atom stereocenters. The molecule has 8 heteroatoms. The Bertz CT molecular complexity index is 732. The highest BCUT2D eigenvalue weighted by atomic mass is 16.7. The molecule has 0 aliphatic carbocycles. The van der Waals surface area contributed by atoms with Crippen molar-refractivity contribution in [2.45, 2.75) is 0 Å². The molecule has 0 saturated heterocycles. The van der Waals surface area contributed by atoms with E-state index in [0.29, 0.717) is 17.1 Å². The van der Waals surface area contributed by atoms with Gasteiger partial charge >= 0.3 is 5.91 Å². The van der Waals surface area contributed by atoms with E-state index in [2.05, 4.69) is 25.4 Å². The number of para-hydroxylation sites is 1. The molecule has 1 amide bonds. The first-order valence-electron chi connectivity index (χ1n) is 5.43. The Morgan fingerprint density at radius 3 is 3.00 bits per heavy atom. The summed E-state index contributed by atoms with van der Waals surface area (Å²) in [5.74, 6) is 1.00. The Hall–Kier alpha value is -2.90. The first kappa shape index (κ1) is 10.1. The number of benzene rings is 1. The van der Waals surface area contributed by atoms with Gasteiger partial charge in [-0.1, -0.05) is 6.07 Å². The van der Waals surface area contributed by atoms with Gasteiger partial charge in [0.25, 0.3) is 0 Å². The summed E-state index contributed by atoms with van der Waals surface area (Å²) in [5, 5.41) is 10.7. The molecule has 0 N–H and O–H groups in total. The van der Waals surface area contributed by atoms with E-state index in [1.807, 2.05) is 0 Å². The lowest BCUT2D eigenvalue weighted by Gasteiger charge is -2.08. The van der Waals surface area contributed by atoms with Crippen LogP contribution in [0.25, 0.3) is 0 Å². The number of fused-ring (bicyclic) bond motifs is 2. The van der Waals surface area contributed by atoms with Crippen molar-refractivity contribution < 1.29 is 14.3 Å². The highest BCUT2D eigenvalue weighted by molar-refractivity contribution is 6.69. The van der Waals surface area contributed by atoms with Crippen molar-refractivity contribution in [3.63, 3.8) is 0 Å². The minimum atomic E-state index is -0.512. The van der Waals surface area contributed by atoms with Crippen molar-refractivity contribution in [3.8, 4) is 11.5 Å². The van der Waals surface area contributed by atoms with Crippen LogP contribution in [-0.2, 0) is 4.79 Å². The van der Waals surface area contributed by atoms with Crippen molar-refractivity contribution in [1.29, 1.82) is 0 Å². The van der Waals surface area contributed by atoms with E-state index < -0.39 is 5.91 Å². The van der Waals surface area contributed by atoms with E-state index >= 15 is 0 Å². The fourth-order valence-corrected chi connectivity index (χ4v) is 1.92. The molecule has 8 nitrogen and oxygen atoms in total. The summed E-state index contributed by atoms with van der Waals surface area (Å²) in [6.45, 7) is 0.135. The van der Waals surface area contributed by atoms with Crippen molar-refractivity contribution in [1.82, 2.24) is 0 Å². The number of nitrogens with zero attached hydrogens (tertiary/aromatic N) is 5. The van der Waals surface area contributed by atoms with Crippen LogP contribution in [0.4, 0.5) is 0 Å². The number of amides is 1. The van der Waals surface area contributed by atoms with Gasteiger partial charge < -0.3 is 9.47 Å². The number of aliphatic imine (C=N–C) groups is 2. The van der Waals surface area contributed by atoms with Crippen LogP contribution < -0.4 is 9.47 Å². The molecule has 3 aliphatic heterocycles. The Kier molecular flexibility index (Phi) is 1.88. The summed E-state index contributed by atoms with van der Waals surface area (Å²) in [6, 6.07) is 5.29. The summed E-state index contributed by atoms with van der Waals surface area (Å²) in [6.07, 6.45) is 0. The van der Waals surface area contributed by atoms with Gasteiger partial charge in [0.15, 0.2) is 17.3 Å². The molecule has 3 aliphatic rings. The van der Waals surface area contributed by atoms with E-state index in [9.17, 15) is 4.79 Å². The third-order valence-electron chi connectivity index (χ3n) is 2.76. The predicted octanol–water partition coefficient (Wildman–Crippen LogP) is 0.922. The summed E-state index contributed by atoms with van der Waals surface area (Å²) < 4.78 is 10.6. The zero-order valence-corrected chi connectivity index (χ0v) is 9.40. The Morgan fingerprint density at radius 2 is 2.05 bits per heavy atom. The molecule has 0 fully saturated rings. The number of amidine groups is 2. The van der Waals surface area contributed by atoms with Crippen LogP contribution in [0.1, 0.15) is 5.56 Å². The predicted molar refractivity (Wildman–Crippen MR) is 63.8 cm³/mol. The first-order valence-corrected chi connectivity index (χ1v) is 5.43. The maximum atomic E-state index is 11.8. The SMILES string of the molecule is O=C1N=C(c2cccc3c2OCO3)N=C2N=NN=C12. The molecule has 3 heterocycles. The second-order valence-electron chi connectivity index (χ2n) is 3.85. The number of rotatable bonds is 1. The summed E-state index contributed by atoms with van der Waals surface area (Å²) >= 11 is 0. The van der Waals surface area contributed by atoms with Crippen LogP contribution in [0.2, 0.25) is 0 Å². The zero-order chi connectivity index (χ0) is 12.8.